The zero-order chi connectivity index (χ0) is 15.6. The van der Waals surface area contributed by atoms with Crippen LogP contribution in [-0.2, 0) is 5.75 Å². The lowest BCUT2D eigenvalue weighted by Crippen LogP contribution is -2.25. The Morgan fingerprint density at radius 3 is 2.91 bits per heavy atom. The van der Waals surface area contributed by atoms with Gasteiger partial charge in [0.05, 0.1) is 29.1 Å². The summed E-state index contributed by atoms with van der Waals surface area (Å²) in [5, 5.41) is 9.97. The van der Waals surface area contributed by atoms with Gasteiger partial charge in [-0.15, -0.1) is 0 Å². The highest BCUT2D eigenvalue weighted by molar-refractivity contribution is 7.98. The zero-order valence-corrected chi connectivity index (χ0v) is 14.4. The molecule has 2 fully saturated rings. The number of hydrogen-bond acceptors (Lipinski definition) is 6. The molecule has 2 aliphatic rings. The molecule has 118 valence electrons. The molecule has 2 bridgehead atoms. The molecule has 0 saturated carbocycles. The van der Waals surface area contributed by atoms with Gasteiger partial charge in [-0.2, -0.15) is 14.0 Å². The monoisotopic (exact) mass is 342 g/mol. The van der Waals surface area contributed by atoms with E-state index in [0.717, 1.165) is 23.2 Å². The van der Waals surface area contributed by atoms with Crippen LogP contribution in [0.1, 0.15) is 35.6 Å². The van der Waals surface area contributed by atoms with Gasteiger partial charge in [0.25, 0.3) is 0 Å². The van der Waals surface area contributed by atoms with E-state index >= 15 is 0 Å². The predicted molar refractivity (Wildman–Crippen MR) is 92.5 cm³/mol. The first-order valence-corrected chi connectivity index (χ1v) is 9.72. The van der Waals surface area contributed by atoms with Crippen molar-refractivity contribution in [2.75, 3.05) is 19.6 Å². The van der Waals surface area contributed by atoms with E-state index in [4.69, 9.17) is 5.26 Å². The maximum Gasteiger partial charge on any atom is 0.134 e. The molecule has 4 rings (SSSR count). The van der Waals surface area contributed by atoms with Crippen molar-refractivity contribution in [1.29, 1.82) is 5.26 Å². The van der Waals surface area contributed by atoms with Crippen molar-refractivity contribution in [1.82, 2.24) is 13.6 Å². The van der Waals surface area contributed by atoms with Gasteiger partial charge in [0.2, 0.25) is 0 Å². The van der Waals surface area contributed by atoms with Gasteiger partial charge < -0.3 is 4.90 Å². The van der Waals surface area contributed by atoms with E-state index in [1.165, 1.54) is 48.9 Å². The number of nitriles is 1. The van der Waals surface area contributed by atoms with Crippen LogP contribution in [0.2, 0.25) is 0 Å². The number of rotatable bonds is 4. The summed E-state index contributed by atoms with van der Waals surface area (Å²) in [6.45, 7) is 3.64. The zero-order valence-electron chi connectivity index (χ0n) is 12.8. The fraction of sp³-hybridized carbons (Fsp3) is 0.471. The number of thioether (sulfide) groups is 1. The molecule has 23 heavy (non-hydrogen) atoms. The molecule has 2 aliphatic heterocycles. The minimum atomic E-state index is 0.569. The minimum Gasteiger partial charge on any atom is -0.302 e. The Bertz CT molecular complexity index is 719. The summed E-state index contributed by atoms with van der Waals surface area (Å²) in [5.74, 6) is 2.22. The number of benzene rings is 1. The van der Waals surface area contributed by atoms with E-state index < -0.39 is 0 Å². The van der Waals surface area contributed by atoms with Gasteiger partial charge in [-0.05, 0) is 43.0 Å². The second-order valence-electron chi connectivity index (χ2n) is 6.32. The first-order chi connectivity index (χ1) is 11.3. The van der Waals surface area contributed by atoms with E-state index in [9.17, 15) is 0 Å². The highest BCUT2D eigenvalue weighted by Gasteiger charge is 2.38. The lowest BCUT2D eigenvalue weighted by Gasteiger charge is -2.21. The second-order valence-corrected chi connectivity index (χ2v) is 7.81. The molecular formula is C17H18N4S2. The summed E-state index contributed by atoms with van der Waals surface area (Å²) in [4.78, 5) is 2.58. The minimum absolute atomic E-state index is 0.569. The van der Waals surface area contributed by atoms with Crippen LogP contribution in [0.15, 0.2) is 29.3 Å². The van der Waals surface area contributed by atoms with Gasteiger partial charge in [-0.1, -0.05) is 23.9 Å². The molecule has 0 N–H and O–H groups in total. The molecule has 1 aromatic carbocycles. The van der Waals surface area contributed by atoms with Crippen LogP contribution in [0.3, 0.4) is 0 Å². The summed E-state index contributed by atoms with van der Waals surface area (Å²) in [6, 6.07) is 9.97. The number of piperidine rings is 1. The number of aromatic nitrogens is 2. The smallest absolute Gasteiger partial charge is 0.134 e. The third-order valence-corrected chi connectivity index (χ3v) is 6.57. The molecule has 0 radical (unpaired) electrons. The van der Waals surface area contributed by atoms with Crippen molar-refractivity contribution in [3.8, 4) is 6.07 Å². The van der Waals surface area contributed by atoms with Crippen LogP contribution in [-0.4, -0.2) is 33.3 Å². The van der Waals surface area contributed by atoms with Crippen LogP contribution in [0, 0.1) is 17.2 Å². The molecule has 0 amide bonds. The van der Waals surface area contributed by atoms with Crippen molar-refractivity contribution < 1.29 is 0 Å². The molecule has 3 heterocycles. The first kappa shape index (κ1) is 15.1. The van der Waals surface area contributed by atoms with Crippen molar-refractivity contribution in [2.45, 2.75) is 29.5 Å². The summed E-state index contributed by atoms with van der Waals surface area (Å²) in [7, 11) is 0. The van der Waals surface area contributed by atoms with Gasteiger partial charge in [-0.3, -0.25) is 0 Å². The highest BCUT2D eigenvalue weighted by Crippen LogP contribution is 2.41. The third-order valence-electron chi connectivity index (χ3n) is 4.86. The van der Waals surface area contributed by atoms with E-state index in [2.05, 4.69) is 19.7 Å². The van der Waals surface area contributed by atoms with Crippen LogP contribution < -0.4 is 0 Å². The fourth-order valence-electron chi connectivity index (χ4n) is 3.66. The Hall–Kier alpha value is -1.42. The van der Waals surface area contributed by atoms with Gasteiger partial charge in [0.1, 0.15) is 5.03 Å². The Morgan fingerprint density at radius 1 is 1.26 bits per heavy atom. The Balaban J connectivity index is 1.46. The standard InChI is InChI=1S/C17H18N4S2/c18-8-12-3-5-13(6-4-12)11-22-17-16(19-23-20-17)15-10-21-7-1-2-14(15)9-21/h3-6,14-15H,1-2,7,9-11H2/t14-,15+/m0/s1. The summed E-state index contributed by atoms with van der Waals surface area (Å²) >= 11 is 3.12. The lowest BCUT2D eigenvalue weighted by molar-refractivity contribution is 0.269. The largest absolute Gasteiger partial charge is 0.302 e. The van der Waals surface area contributed by atoms with Crippen molar-refractivity contribution >= 4 is 23.5 Å². The van der Waals surface area contributed by atoms with Crippen LogP contribution in [0.5, 0.6) is 0 Å². The summed E-state index contributed by atoms with van der Waals surface area (Å²) in [6.07, 6.45) is 2.66. The van der Waals surface area contributed by atoms with Crippen LogP contribution in [0.4, 0.5) is 0 Å². The van der Waals surface area contributed by atoms with E-state index in [-0.39, 0.29) is 0 Å². The molecule has 0 spiro atoms. The normalized spacial score (nSPS) is 26.1. The SMILES string of the molecule is N#Cc1ccc(CSc2nsnc2[C@@H]2CN3CCC[C@H]2C3)cc1. The molecule has 1 unspecified atom stereocenters. The third kappa shape index (κ3) is 3.14. The quantitative estimate of drug-likeness (QED) is 0.796. The molecule has 2 aromatic rings. The molecule has 3 atom stereocenters. The molecular weight excluding hydrogens is 324 g/mol. The number of fused-ring (bicyclic) bond motifs is 2. The van der Waals surface area contributed by atoms with E-state index in [0.29, 0.717) is 11.5 Å². The van der Waals surface area contributed by atoms with E-state index in [1.807, 2.05) is 24.3 Å². The Morgan fingerprint density at radius 2 is 2.13 bits per heavy atom. The van der Waals surface area contributed by atoms with E-state index in [1.54, 1.807) is 11.8 Å². The second kappa shape index (κ2) is 6.60. The topological polar surface area (TPSA) is 52.8 Å². The van der Waals surface area contributed by atoms with Gasteiger partial charge >= 0.3 is 0 Å². The summed E-state index contributed by atoms with van der Waals surface area (Å²) < 4.78 is 9.18. The molecule has 0 aliphatic carbocycles. The summed E-state index contributed by atoms with van der Waals surface area (Å²) in [5.41, 5.74) is 3.16. The van der Waals surface area contributed by atoms with Crippen LogP contribution in [0.25, 0.3) is 0 Å². The van der Waals surface area contributed by atoms with Crippen molar-refractivity contribution in [2.24, 2.45) is 5.92 Å². The maximum absolute atomic E-state index is 8.86. The fourth-order valence-corrected chi connectivity index (χ4v) is 5.39. The molecule has 2 saturated heterocycles. The average Bonchev–Trinajstić information content (AvgIpc) is 3.17. The predicted octanol–water partition coefficient (Wildman–Crippen LogP) is 3.51. The van der Waals surface area contributed by atoms with Gasteiger partial charge in [0, 0.05) is 24.8 Å². The van der Waals surface area contributed by atoms with Crippen LogP contribution >= 0.6 is 23.5 Å². The van der Waals surface area contributed by atoms with Crippen molar-refractivity contribution in [3.05, 3.63) is 41.1 Å². The number of hydrogen-bond donors (Lipinski definition) is 0. The Kier molecular flexibility index (Phi) is 4.34. The first-order valence-electron chi connectivity index (χ1n) is 8.00. The Labute approximate surface area is 144 Å². The molecule has 1 aromatic heterocycles. The van der Waals surface area contributed by atoms with Gasteiger partial charge in [-0.25, -0.2) is 0 Å². The lowest BCUT2D eigenvalue weighted by atomic mass is 9.89. The number of nitrogens with zero attached hydrogens (tertiary/aromatic N) is 4. The van der Waals surface area contributed by atoms with Crippen molar-refractivity contribution in [3.63, 3.8) is 0 Å². The average molecular weight is 342 g/mol. The van der Waals surface area contributed by atoms with Gasteiger partial charge in [0.15, 0.2) is 0 Å². The molecule has 6 heteroatoms. The highest BCUT2D eigenvalue weighted by atomic mass is 32.2. The maximum atomic E-state index is 8.86. The molecule has 4 nitrogen and oxygen atoms in total.